The summed E-state index contributed by atoms with van der Waals surface area (Å²) in [5.41, 5.74) is 0.918. The molecule has 1 N–H and O–H groups in total. The van der Waals surface area contributed by atoms with Crippen LogP contribution in [0, 0.1) is 0 Å². The van der Waals surface area contributed by atoms with Gasteiger partial charge >= 0.3 is 0 Å². The van der Waals surface area contributed by atoms with Gasteiger partial charge in [-0.05, 0) is 25.2 Å². The van der Waals surface area contributed by atoms with Crippen LogP contribution in [0.4, 0.5) is 0 Å². The van der Waals surface area contributed by atoms with Crippen molar-refractivity contribution < 1.29 is 9.15 Å². The molecule has 0 saturated carbocycles. The van der Waals surface area contributed by atoms with E-state index in [1.807, 2.05) is 25.2 Å². The van der Waals surface area contributed by atoms with Gasteiger partial charge in [0.1, 0.15) is 17.3 Å². The van der Waals surface area contributed by atoms with Gasteiger partial charge in [-0.15, -0.1) is 0 Å². The van der Waals surface area contributed by atoms with Crippen LogP contribution in [0.5, 0.6) is 5.75 Å². The maximum Gasteiger partial charge on any atom is 0.137 e. The van der Waals surface area contributed by atoms with Gasteiger partial charge in [-0.3, -0.25) is 4.98 Å². The maximum atomic E-state index is 5.65. The van der Waals surface area contributed by atoms with Crippen molar-refractivity contribution in [2.45, 2.75) is 6.54 Å². The van der Waals surface area contributed by atoms with E-state index in [9.17, 15) is 0 Å². The molecule has 0 amide bonds. The second kappa shape index (κ2) is 4.81. The Hall–Kier alpha value is -1.81. The van der Waals surface area contributed by atoms with E-state index in [1.165, 1.54) is 0 Å². The molecular weight excluding hydrogens is 204 g/mol. The van der Waals surface area contributed by atoms with E-state index in [4.69, 9.17) is 9.15 Å². The lowest BCUT2D eigenvalue weighted by molar-refractivity contribution is 0.412. The molecule has 0 bridgehead atoms. The third-order valence-electron chi connectivity index (χ3n) is 2.25. The van der Waals surface area contributed by atoms with E-state index in [0.29, 0.717) is 0 Å². The number of hydrogen-bond donors (Lipinski definition) is 1. The predicted molar refractivity (Wildman–Crippen MR) is 61.3 cm³/mol. The number of hydrogen-bond acceptors (Lipinski definition) is 4. The molecule has 0 aliphatic rings. The van der Waals surface area contributed by atoms with Gasteiger partial charge in [0.15, 0.2) is 0 Å². The Morgan fingerprint density at radius 3 is 3.00 bits per heavy atom. The molecule has 2 rings (SSSR count). The van der Waals surface area contributed by atoms with Crippen molar-refractivity contribution in [1.82, 2.24) is 10.3 Å². The number of nitrogens with zero attached hydrogens (tertiary/aromatic N) is 1. The Morgan fingerprint density at radius 2 is 2.25 bits per heavy atom. The molecule has 2 aromatic heterocycles. The molecule has 0 atom stereocenters. The Morgan fingerprint density at radius 1 is 1.38 bits per heavy atom. The van der Waals surface area contributed by atoms with Gasteiger partial charge in [-0.2, -0.15) is 0 Å². The summed E-state index contributed by atoms with van der Waals surface area (Å²) >= 11 is 0. The maximum absolute atomic E-state index is 5.65. The lowest BCUT2D eigenvalue weighted by Gasteiger charge is -2.01. The van der Waals surface area contributed by atoms with Crippen LogP contribution in [0.25, 0.3) is 11.3 Å². The smallest absolute Gasteiger partial charge is 0.137 e. The van der Waals surface area contributed by atoms with Crippen LogP contribution in [0.2, 0.25) is 0 Å². The van der Waals surface area contributed by atoms with Crippen molar-refractivity contribution in [2.24, 2.45) is 0 Å². The first-order valence-corrected chi connectivity index (χ1v) is 5.06. The first-order chi connectivity index (χ1) is 7.83. The lowest BCUT2D eigenvalue weighted by atomic mass is 10.2. The van der Waals surface area contributed by atoms with Crippen LogP contribution in [-0.4, -0.2) is 19.1 Å². The molecule has 0 saturated heterocycles. The predicted octanol–water partition coefficient (Wildman–Crippen LogP) is 2.07. The van der Waals surface area contributed by atoms with Crippen molar-refractivity contribution in [1.29, 1.82) is 0 Å². The number of methoxy groups -OCH3 is 1. The zero-order valence-corrected chi connectivity index (χ0v) is 9.36. The van der Waals surface area contributed by atoms with Crippen LogP contribution >= 0.6 is 0 Å². The summed E-state index contributed by atoms with van der Waals surface area (Å²) in [7, 11) is 3.50. The second-order valence-electron chi connectivity index (χ2n) is 3.41. The summed E-state index contributed by atoms with van der Waals surface area (Å²) in [5, 5.41) is 3.04. The summed E-state index contributed by atoms with van der Waals surface area (Å²) < 4.78 is 10.8. The monoisotopic (exact) mass is 218 g/mol. The Bertz CT molecular complexity index is 466. The Kier molecular flexibility index (Phi) is 3.22. The number of nitrogens with one attached hydrogen (secondary N) is 1. The van der Waals surface area contributed by atoms with E-state index >= 15 is 0 Å². The van der Waals surface area contributed by atoms with Crippen LogP contribution in [0.1, 0.15) is 5.76 Å². The molecule has 0 aromatic carbocycles. The minimum absolute atomic E-state index is 0.720. The zero-order valence-electron chi connectivity index (χ0n) is 9.36. The van der Waals surface area contributed by atoms with E-state index in [1.54, 1.807) is 19.5 Å². The molecule has 0 spiro atoms. The van der Waals surface area contributed by atoms with Gasteiger partial charge in [-0.25, -0.2) is 0 Å². The average molecular weight is 218 g/mol. The third kappa shape index (κ3) is 2.23. The van der Waals surface area contributed by atoms with Crippen molar-refractivity contribution in [3.63, 3.8) is 0 Å². The number of ether oxygens (including phenoxy) is 1. The van der Waals surface area contributed by atoms with Crippen molar-refractivity contribution in [2.75, 3.05) is 14.2 Å². The van der Waals surface area contributed by atoms with Crippen LogP contribution in [0.3, 0.4) is 0 Å². The highest BCUT2D eigenvalue weighted by Crippen LogP contribution is 2.24. The summed E-state index contributed by atoms with van der Waals surface area (Å²) in [6.07, 6.45) is 3.42. The molecule has 0 unspecified atom stereocenters. The first-order valence-electron chi connectivity index (χ1n) is 5.06. The van der Waals surface area contributed by atoms with E-state index < -0.39 is 0 Å². The van der Waals surface area contributed by atoms with Crippen molar-refractivity contribution >= 4 is 0 Å². The SMILES string of the molecule is CNCc1ccc(-c2cncc(OC)c2)o1. The molecule has 16 heavy (non-hydrogen) atoms. The van der Waals surface area contributed by atoms with Gasteiger partial charge < -0.3 is 14.5 Å². The molecule has 0 fully saturated rings. The molecule has 2 aromatic rings. The Labute approximate surface area is 94.3 Å². The zero-order chi connectivity index (χ0) is 11.4. The number of rotatable bonds is 4. The molecule has 4 heteroatoms. The van der Waals surface area contributed by atoms with Gasteiger partial charge in [0.05, 0.1) is 19.9 Å². The highest BCUT2D eigenvalue weighted by molar-refractivity contribution is 5.58. The van der Waals surface area contributed by atoms with E-state index in [0.717, 1.165) is 29.4 Å². The van der Waals surface area contributed by atoms with Gasteiger partial charge in [-0.1, -0.05) is 0 Å². The minimum atomic E-state index is 0.720. The quantitative estimate of drug-likeness (QED) is 0.853. The summed E-state index contributed by atoms with van der Waals surface area (Å²) in [5.74, 6) is 2.43. The average Bonchev–Trinajstić information content (AvgIpc) is 2.78. The topological polar surface area (TPSA) is 47.3 Å². The number of furan rings is 1. The van der Waals surface area contributed by atoms with E-state index in [2.05, 4.69) is 10.3 Å². The number of aromatic nitrogens is 1. The summed E-state index contributed by atoms with van der Waals surface area (Å²) in [4.78, 5) is 4.09. The van der Waals surface area contributed by atoms with Crippen molar-refractivity contribution in [3.05, 3.63) is 36.4 Å². The first kappa shape index (κ1) is 10.7. The standard InChI is InChI=1S/C12H14N2O2/c1-13-7-10-3-4-12(16-10)9-5-11(15-2)8-14-6-9/h3-6,8,13H,7H2,1-2H3. The van der Waals surface area contributed by atoms with Gasteiger partial charge in [0.25, 0.3) is 0 Å². The molecule has 0 aliphatic heterocycles. The second-order valence-corrected chi connectivity index (χ2v) is 3.41. The summed E-state index contributed by atoms with van der Waals surface area (Å²) in [6, 6.07) is 5.78. The largest absolute Gasteiger partial charge is 0.495 e. The molecule has 4 nitrogen and oxygen atoms in total. The molecule has 0 aliphatic carbocycles. The van der Waals surface area contributed by atoms with Gasteiger partial charge in [0.2, 0.25) is 0 Å². The van der Waals surface area contributed by atoms with E-state index in [-0.39, 0.29) is 0 Å². The molecular formula is C12H14N2O2. The van der Waals surface area contributed by atoms with Crippen molar-refractivity contribution in [3.8, 4) is 17.1 Å². The highest BCUT2D eigenvalue weighted by Gasteiger charge is 2.05. The number of pyridine rings is 1. The summed E-state index contributed by atoms with van der Waals surface area (Å²) in [6.45, 7) is 0.720. The molecule has 2 heterocycles. The van der Waals surface area contributed by atoms with Gasteiger partial charge in [0, 0.05) is 11.8 Å². The highest BCUT2D eigenvalue weighted by atomic mass is 16.5. The molecule has 84 valence electrons. The lowest BCUT2D eigenvalue weighted by Crippen LogP contribution is -2.03. The Balaban J connectivity index is 2.27. The van der Waals surface area contributed by atoms with Crippen LogP contribution < -0.4 is 10.1 Å². The molecule has 0 radical (unpaired) electrons. The normalized spacial score (nSPS) is 10.4. The fraction of sp³-hybridized carbons (Fsp3) is 0.250. The minimum Gasteiger partial charge on any atom is -0.495 e. The van der Waals surface area contributed by atoms with Crippen LogP contribution in [0.15, 0.2) is 35.0 Å². The fourth-order valence-corrected chi connectivity index (χ4v) is 1.47. The fourth-order valence-electron chi connectivity index (χ4n) is 1.47. The third-order valence-corrected chi connectivity index (χ3v) is 2.25. The van der Waals surface area contributed by atoms with Crippen LogP contribution in [-0.2, 0) is 6.54 Å².